The third-order valence-electron chi connectivity index (χ3n) is 4.44. The Morgan fingerprint density at radius 3 is 2.61 bits per heavy atom. The predicted octanol–water partition coefficient (Wildman–Crippen LogP) is 3.06. The van der Waals surface area contributed by atoms with E-state index in [9.17, 15) is 4.79 Å². The first-order valence-corrected chi connectivity index (χ1v) is 8.80. The van der Waals surface area contributed by atoms with Gasteiger partial charge in [-0.3, -0.25) is 4.79 Å². The minimum absolute atomic E-state index is 0.0410. The van der Waals surface area contributed by atoms with E-state index >= 15 is 0 Å². The van der Waals surface area contributed by atoms with Crippen LogP contribution in [0.1, 0.15) is 43.7 Å². The van der Waals surface area contributed by atoms with Gasteiger partial charge in [0.2, 0.25) is 0 Å². The van der Waals surface area contributed by atoms with Crippen molar-refractivity contribution in [1.82, 2.24) is 10.2 Å². The number of nitrogens with zero attached hydrogens (tertiary/aromatic N) is 1. The van der Waals surface area contributed by atoms with E-state index in [1.54, 1.807) is 0 Å². The highest BCUT2D eigenvalue weighted by Crippen LogP contribution is 2.20. The molecule has 0 aromatic heterocycles. The summed E-state index contributed by atoms with van der Waals surface area (Å²) in [5.74, 6) is 0.751. The SMILES string of the molecule is Cc1ccc(C)c(O[C@@H](C)C(=O)NCCN2CCCCCC2)c1. The Kier molecular flexibility index (Phi) is 6.90. The van der Waals surface area contributed by atoms with Gasteiger partial charge in [-0.25, -0.2) is 0 Å². The Balaban J connectivity index is 1.75. The minimum Gasteiger partial charge on any atom is -0.481 e. The van der Waals surface area contributed by atoms with Gasteiger partial charge in [-0.2, -0.15) is 0 Å². The number of rotatable bonds is 6. The second-order valence-electron chi connectivity index (χ2n) is 6.58. The first kappa shape index (κ1) is 17.8. The van der Waals surface area contributed by atoms with E-state index in [2.05, 4.69) is 10.2 Å². The van der Waals surface area contributed by atoms with Crippen molar-refractivity contribution >= 4 is 5.91 Å². The van der Waals surface area contributed by atoms with Crippen LogP contribution >= 0.6 is 0 Å². The Hall–Kier alpha value is -1.55. The molecule has 4 heteroatoms. The van der Waals surface area contributed by atoms with Crippen LogP contribution < -0.4 is 10.1 Å². The summed E-state index contributed by atoms with van der Waals surface area (Å²) in [4.78, 5) is 14.6. The molecule has 0 spiro atoms. The molecule has 1 N–H and O–H groups in total. The van der Waals surface area contributed by atoms with Crippen molar-refractivity contribution in [3.05, 3.63) is 29.3 Å². The molecule has 0 unspecified atom stereocenters. The molecule has 1 amide bonds. The molecule has 128 valence electrons. The summed E-state index contributed by atoms with van der Waals surface area (Å²) in [7, 11) is 0. The summed E-state index contributed by atoms with van der Waals surface area (Å²) in [6.45, 7) is 9.77. The molecule has 1 saturated heterocycles. The standard InChI is InChI=1S/C19H30N2O2/c1-15-8-9-16(2)18(14-15)23-17(3)19(22)20-10-13-21-11-6-4-5-7-12-21/h8-9,14,17H,4-7,10-13H2,1-3H3,(H,20,22)/t17-/m0/s1. The van der Waals surface area contributed by atoms with Crippen LogP contribution in [0.2, 0.25) is 0 Å². The molecule has 1 fully saturated rings. The van der Waals surface area contributed by atoms with Crippen LogP contribution in [0.3, 0.4) is 0 Å². The van der Waals surface area contributed by atoms with Crippen molar-refractivity contribution in [3.63, 3.8) is 0 Å². The van der Waals surface area contributed by atoms with Gasteiger partial charge in [-0.15, -0.1) is 0 Å². The average Bonchev–Trinajstić information content (AvgIpc) is 2.79. The third-order valence-corrected chi connectivity index (χ3v) is 4.44. The van der Waals surface area contributed by atoms with Crippen molar-refractivity contribution in [2.45, 2.75) is 52.6 Å². The molecule has 1 aliphatic heterocycles. The number of benzene rings is 1. The molecule has 0 radical (unpaired) electrons. The maximum atomic E-state index is 12.2. The van der Waals surface area contributed by atoms with Crippen molar-refractivity contribution in [1.29, 1.82) is 0 Å². The lowest BCUT2D eigenvalue weighted by Crippen LogP contribution is -2.41. The normalized spacial score (nSPS) is 17.3. The molecule has 23 heavy (non-hydrogen) atoms. The number of ether oxygens (including phenoxy) is 1. The second kappa shape index (κ2) is 8.92. The number of amides is 1. The second-order valence-corrected chi connectivity index (χ2v) is 6.58. The van der Waals surface area contributed by atoms with E-state index in [0.717, 1.165) is 36.5 Å². The summed E-state index contributed by atoms with van der Waals surface area (Å²) in [5, 5.41) is 3.00. The molecule has 4 nitrogen and oxygen atoms in total. The predicted molar refractivity (Wildman–Crippen MR) is 93.9 cm³/mol. The topological polar surface area (TPSA) is 41.6 Å². The maximum absolute atomic E-state index is 12.2. The quantitative estimate of drug-likeness (QED) is 0.876. The fraction of sp³-hybridized carbons (Fsp3) is 0.632. The highest BCUT2D eigenvalue weighted by molar-refractivity contribution is 5.80. The Bertz CT molecular complexity index is 508. The number of nitrogens with one attached hydrogen (secondary N) is 1. The molecule has 1 aromatic rings. The van der Waals surface area contributed by atoms with Crippen molar-refractivity contribution in [2.75, 3.05) is 26.2 Å². The van der Waals surface area contributed by atoms with Gasteiger partial charge in [0.1, 0.15) is 5.75 Å². The zero-order chi connectivity index (χ0) is 16.7. The highest BCUT2D eigenvalue weighted by Gasteiger charge is 2.16. The maximum Gasteiger partial charge on any atom is 0.260 e. The summed E-state index contributed by atoms with van der Waals surface area (Å²) < 4.78 is 5.82. The molecule has 1 aliphatic rings. The first-order chi connectivity index (χ1) is 11.1. The first-order valence-electron chi connectivity index (χ1n) is 8.80. The number of carbonyl (C=O) groups is 1. The van der Waals surface area contributed by atoms with Gasteiger partial charge < -0.3 is 15.0 Å². The fourth-order valence-corrected chi connectivity index (χ4v) is 2.92. The van der Waals surface area contributed by atoms with Gasteiger partial charge in [0.05, 0.1) is 0 Å². The molecular formula is C19H30N2O2. The lowest BCUT2D eigenvalue weighted by atomic mass is 10.1. The minimum atomic E-state index is -0.473. The summed E-state index contributed by atoms with van der Waals surface area (Å²) >= 11 is 0. The van der Waals surface area contributed by atoms with Crippen molar-refractivity contribution in [2.24, 2.45) is 0 Å². The number of aryl methyl sites for hydroxylation is 2. The molecule has 1 heterocycles. The molecule has 0 aliphatic carbocycles. The van der Waals surface area contributed by atoms with Gasteiger partial charge in [0.25, 0.3) is 5.91 Å². The van der Waals surface area contributed by atoms with Crippen LogP contribution in [0.4, 0.5) is 0 Å². The van der Waals surface area contributed by atoms with Gasteiger partial charge in [-0.1, -0.05) is 25.0 Å². The van der Waals surface area contributed by atoms with Crippen LogP contribution in [-0.4, -0.2) is 43.1 Å². The number of hydrogen-bond acceptors (Lipinski definition) is 3. The third kappa shape index (κ3) is 5.87. The Morgan fingerprint density at radius 1 is 1.22 bits per heavy atom. The number of carbonyl (C=O) groups excluding carboxylic acids is 1. The van der Waals surface area contributed by atoms with Gasteiger partial charge in [-0.05, 0) is 63.9 Å². The monoisotopic (exact) mass is 318 g/mol. The summed E-state index contributed by atoms with van der Waals surface area (Å²) in [6.07, 6.45) is 4.76. The van der Waals surface area contributed by atoms with Crippen LogP contribution in [0, 0.1) is 13.8 Å². The highest BCUT2D eigenvalue weighted by atomic mass is 16.5. The number of likely N-dealkylation sites (tertiary alicyclic amines) is 1. The van der Waals surface area contributed by atoms with Crippen LogP contribution in [0.25, 0.3) is 0 Å². The van der Waals surface area contributed by atoms with Gasteiger partial charge in [0.15, 0.2) is 6.10 Å². The average molecular weight is 318 g/mol. The van der Waals surface area contributed by atoms with E-state index in [4.69, 9.17) is 4.74 Å². The van der Waals surface area contributed by atoms with E-state index in [-0.39, 0.29) is 5.91 Å². The zero-order valence-electron chi connectivity index (χ0n) is 14.7. The Labute approximate surface area is 140 Å². The van der Waals surface area contributed by atoms with E-state index in [1.807, 2.05) is 39.0 Å². The molecule has 0 saturated carbocycles. The van der Waals surface area contributed by atoms with Crippen LogP contribution in [0.15, 0.2) is 18.2 Å². The molecule has 1 atom stereocenters. The van der Waals surface area contributed by atoms with E-state index < -0.39 is 6.10 Å². The fourth-order valence-electron chi connectivity index (χ4n) is 2.92. The zero-order valence-corrected chi connectivity index (χ0v) is 14.7. The van der Waals surface area contributed by atoms with Crippen LogP contribution in [0.5, 0.6) is 5.75 Å². The van der Waals surface area contributed by atoms with Crippen molar-refractivity contribution in [3.8, 4) is 5.75 Å². The van der Waals surface area contributed by atoms with Crippen molar-refractivity contribution < 1.29 is 9.53 Å². The largest absolute Gasteiger partial charge is 0.481 e. The lowest BCUT2D eigenvalue weighted by molar-refractivity contribution is -0.127. The van der Waals surface area contributed by atoms with E-state index in [1.165, 1.54) is 25.7 Å². The molecular weight excluding hydrogens is 288 g/mol. The Morgan fingerprint density at radius 2 is 1.91 bits per heavy atom. The smallest absolute Gasteiger partial charge is 0.260 e. The van der Waals surface area contributed by atoms with Crippen LogP contribution in [-0.2, 0) is 4.79 Å². The number of hydrogen-bond donors (Lipinski definition) is 1. The molecule has 2 rings (SSSR count). The summed E-state index contributed by atoms with van der Waals surface area (Å²) in [5.41, 5.74) is 2.19. The molecule has 0 bridgehead atoms. The molecule has 1 aromatic carbocycles. The summed E-state index contributed by atoms with van der Waals surface area (Å²) in [6, 6.07) is 6.05. The lowest BCUT2D eigenvalue weighted by Gasteiger charge is -2.21. The van der Waals surface area contributed by atoms with Gasteiger partial charge >= 0.3 is 0 Å². The van der Waals surface area contributed by atoms with Gasteiger partial charge in [0, 0.05) is 13.1 Å². The van der Waals surface area contributed by atoms with E-state index in [0.29, 0.717) is 6.54 Å².